The Bertz CT molecular complexity index is 535. The van der Waals surface area contributed by atoms with Crippen molar-refractivity contribution < 1.29 is 17.9 Å². The summed E-state index contributed by atoms with van der Waals surface area (Å²) in [4.78, 5) is 0.104. The van der Waals surface area contributed by atoms with Gasteiger partial charge in [0, 0.05) is 19.6 Å². The van der Waals surface area contributed by atoms with Crippen LogP contribution in [-0.4, -0.2) is 53.1 Å². The second-order valence-electron chi connectivity index (χ2n) is 4.50. The van der Waals surface area contributed by atoms with Gasteiger partial charge < -0.3 is 14.8 Å². The van der Waals surface area contributed by atoms with E-state index in [1.165, 1.54) is 18.5 Å². The average molecular weight is 337 g/mol. The van der Waals surface area contributed by atoms with Crippen molar-refractivity contribution in [2.75, 3.05) is 40.4 Å². The van der Waals surface area contributed by atoms with Gasteiger partial charge in [-0.2, -0.15) is 4.31 Å². The zero-order valence-electron chi connectivity index (χ0n) is 12.2. The predicted octanol–water partition coefficient (Wildman–Crippen LogP) is 1.11. The molecule has 120 valence electrons. The number of nitrogens with zero attached hydrogens (tertiary/aromatic N) is 1. The lowest BCUT2D eigenvalue weighted by atomic mass is 10.3. The maximum atomic E-state index is 12.8. The minimum absolute atomic E-state index is 0. The van der Waals surface area contributed by atoms with Crippen LogP contribution in [0.2, 0.25) is 0 Å². The lowest BCUT2D eigenvalue weighted by Crippen LogP contribution is -2.34. The lowest BCUT2D eigenvalue weighted by Gasteiger charge is -2.22. The third kappa shape index (κ3) is 3.79. The van der Waals surface area contributed by atoms with E-state index in [9.17, 15) is 8.42 Å². The number of nitrogens with one attached hydrogen (secondary N) is 1. The molecule has 0 spiro atoms. The SMILES string of the molecule is COc1cccc(OC)c1S(=O)(=O)N1CCCNCC1.Cl. The summed E-state index contributed by atoms with van der Waals surface area (Å²) in [6.07, 6.45) is 0.788. The molecule has 0 saturated carbocycles. The molecule has 0 aliphatic carbocycles. The summed E-state index contributed by atoms with van der Waals surface area (Å²) in [5.41, 5.74) is 0. The van der Waals surface area contributed by atoms with Gasteiger partial charge in [-0.25, -0.2) is 8.42 Å². The Morgan fingerprint density at radius 2 is 1.71 bits per heavy atom. The Morgan fingerprint density at radius 3 is 2.29 bits per heavy atom. The van der Waals surface area contributed by atoms with E-state index in [0.29, 0.717) is 31.1 Å². The molecule has 0 aromatic heterocycles. The van der Waals surface area contributed by atoms with E-state index < -0.39 is 10.0 Å². The Kier molecular flexibility index (Phi) is 6.73. The Balaban J connectivity index is 0.00000220. The summed E-state index contributed by atoms with van der Waals surface area (Å²) in [5, 5.41) is 3.19. The van der Waals surface area contributed by atoms with Gasteiger partial charge in [-0.05, 0) is 25.1 Å². The molecule has 8 heteroatoms. The molecule has 0 amide bonds. The molecule has 0 radical (unpaired) electrons. The molecule has 1 fully saturated rings. The highest BCUT2D eigenvalue weighted by Gasteiger charge is 2.31. The van der Waals surface area contributed by atoms with Gasteiger partial charge in [0.05, 0.1) is 14.2 Å². The van der Waals surface area contributed by atoms with Gasteiger partial charge >= 0.3 is 0 Å². The largest absolute Gasteiger partial charge is 0.495 e. The molecular formula is C13H21ClN2O4S. The summed E-state index contributed by atoms with van der Waals surface area (Å²) in [5.74, 6) is 0.614. The number of sulfonamides is 1. The summed E-state index contributed by atoms with van der Waals surface area (Å²) in [7, 11) is -0.715. The molecule has 1 N–H and O–H groups in total. The Labute approximate surface area is 131 Å². The van der Waals surface area contributed by atoms with E-state index in [-0.39, 0.29) is 17.3 Å². The van der Waals surface area contributed by atoms with Crippen molar-refractivity contribution >= 4 is 22.4 Å². The van der Waals surface area contributed by atoms with E-state index in [4.69, 9.17) is 9.47 Å². The average Bonchev–Trinajstić information content (AvgIpc) is 2.75. The van der Waals surface area contributed by atoms with Gasteiger partial charge in [-0.15, -0.1) is 12.4 Å². The highest BCUT2D eigenvalue weighted by Crippen LogP contribution is 2.35. The lowest BCUT2D eigenvalue weighted by molar-refractivity contribution is 0.365. The summed E-state index contributed by atoms with van der Waals surface area (Å²) in [6, 6.07) is 4.97. The number of ether oxygens (including phenoxy) is 2. The van der Waals surface area contributed by atoms with Crippen LogP contribution in [0.4, 0.5) is 0 Å². The summed E-state index contributed by atoms with van der Waals surface area (Å²) in [6.45, 7) is 2.42. The number of hydrogen-bond acceptors (Lipinski definition) is 5. The highest BCUT2D eigenvalue weighted by molar-refractivity contribution is 7.89. The number of hydrogen-bond donors (Lipinski definition) is 1. The topological polar surface area (TPSA) is 67.9 Å². The molecule has 2 rings (SSSR count). The van der Waals surface area contributed by atoms with Crippen LogP contribution in [0.3, 0.4) is 0 Å². The van der Waals surface area contributed by atoms with E-state index in [1.807, 2.05) is 0 Å². The minimum Gasteiger partial charge on any atom is -0.495 e. The first-order valence-corrected chi connectivity index (χ1v) is 7.97. The number of methoxy groups -OCH3 is 2. The van der Waals surface area contributed by atoms with Crippen LogP contribution in [0.15, 0.2) is 23.1 Å². The molecular weight excluding hydrogens is 316 g/mol. The third-order valence-corrected chi connectivity index (χ3v) is 5.24. The fourth-order valence-electron chi connectivity index (χ4n) is 2.26. The first-order chi connectivity index (χ1) is 9.61. The standard InChI is InChI=1S/C13H20N2O4S.ClH/c1-18-11-5-3-6-12(19-2)13(11)20(16,17)15-9-4-7-14-8-10-15;/h3,5-6,14H,4,7-10H2,1-2H3;1H. The van der Waals surface area contributed by atoms with Crippen LogP contribution >= 0.6 is 12.4 Å². The second kappa shape index (κ2) is 7.84. The van der Waals surface area contributed by atoms with Gasteiger partial charge in [0.2, 0.25) is 0 Å². The van der Waals surface area contributed by atoms with Crippen molar-refractivity contribution in [2.45, 2.75) is 11.3 Å². The maximum Gasteiger partial charge on any atom is 0.250 e. The van der Waals surface area contributed by atoms with Crippen LogP contribution in [0.1, 0.15) is 6.42 Å². The normalized spacial score (nSPS) is 16.7. The monoisotopic (exact) mass is 336 g/mol. The maximum absolute atomic E-state index is 12.8. The van der Waals surface area contributed by atoms with Gasteiger partial charge in [0.15, 0.2) is 4.90 Å². The van der Waals surface area contributed by atoms with Crippen LogP contribution in [-0.2, 0) is 10.0 Å². The number of halogens is 1. The molecule has 0 atom stereocenters. The van der Waals surface area contributed by atoms with E-state index in [0.717, 1.165) is 13.0 Å². The Morgan fingerprint density at radius 1 is 1.10 bits per heavy atom. The zero-order chi connectivity index (χ0) is 14.6. The first kappa shape index (κ1) is 18.0. The fourth-order valence-corrected chi connectivity index (χ4v) is 4.03. The summed E-state index contributed by atoms with van der Waals surface area (Å²) < 4.78 is 37.5. The fraction of sp³-hybridized carbons (Fsp3) is 0.538. The van der Waals surface area contributed by atoms with Gasteiger partial charge in [-0.3, -0.25) is 0 Å². The minimum atomic E-state index is -3.63. The molecule has 0 unspecified atom stereocenters. The molecule has 1 heterocycles. The quantitative estimate of drug-likeness (QED) is 0.892. The smallest absolute Gasteiger partial charge is 0.250 e. The zero-order valence-corrected chi connectivity index (χ0v) is 13.8. The molecule has 1 aliphatic rings. The number of rotatable bonds is 4. The van der Waals surface area contributed by atoms with Crippen molar-refractivity contribution in [1.29, 1.82) is 0 Å². The van der Waals surface area contributed by atoms with Gasteiger partial charge in [0.25, 0.3) is 10.0 Å². The molecule has 1 aromatic carbocycles. The van der Waals surface area contributed by atoms with Crippen LogP contribution < -0.4 is 14.8 Å². The molecule has 21 heavy (non-hydrogen) atoms. The van der Waals surface area contributed by atoms with Crippen LogP contribution in [0.25, 0.3) is 0 Å². The highest BCUT2D eigenvalue weighted by atomic mass is 35.5. The van der Waals surface area contributed by atoms with Gasteiger partial charge in [-0.1, -0.05) is 6.07 Å². The van der Waals surface area contributed by atoms with Crippen LogP contribution in [0, 0.1) is 0 Å². The molecule has 0 bridgehead atoms. The Hall–Kier alpha value is -1.02. The van der Waals surface area contributed by atoms with E-state index in [1.54, 1.807) is 18.2 Å². The second-order valence-corrected chi connectivity index (χ2v) is 6.37. The molecule has 6 nitrogen and oxygen atoms in total. The number of benzene rings is 1. The molecule has 1 saturated heterocycles. The molecule has 1 aliphatic heterocycles. The van der Waals surface area contributed by atoms with Gasteiger partial charge in [0.1, 0.15) is 11.5 Å². The van der Waals surface area contributed by atoms with Crippen molar-refractivity contribution in [2.24, 2.45) is 0 Å². The van der Waals surface area contributed by atoms with E-state index in [2.05, 4.69) is 5.32 Å². The van der Waals surface area contributed by atoms with Crippen molar-refractivity contribution in [1.82, 2.24) is 9.62 Å². The van der Waals surface area contributed by atoms with Crippen molar-refractivity contribution in [3.05, 3.63) is 18.2 Å². The van der Waals surface area contributed by atoms with Crippen LogP contribution in [0.5, 0.6) is 11.5 Å². The third-order valence-electron chi connectivity index (χ3n) is 3.28. The van der Waals surface area contributed by atoms with Crippen molar-refractivity contribution in [3.63, 3.8) is 0 Å². The van der Waals surface area contributed by atoms with E-state index >= 15 is 0 Å². The predicted molar refractivity (Wildman–Crippen MR) is 83.0 cm³/mol. The molecule has 1 aromatic rings. The first-order valence-electron chi connectivity index (χ1n) is 6.53. The van der Waals surface area contributed by atoms with Crippen molar-refractivity contribution in [3.8, 4) is 11.5 Å². The summed E-state index contributed by atoms with van der Waals surface area (Å²) >= 11 is 0.